The molecule has 1 N–H and O–H groups in total. The largest absolute Gasteiger partial charge is 0.422 e. The maximum atomic E-state index is 12.5. The maximum absolute atomic E-state index is 12.5. The highest BCUT2D eigenvalue weighted by Gasteiger charge is 2.17. The number of ether oxygens (including phenoxy) is 1. The molecular weight excluding hydrogens is 438 g/mol. The normalized spacial score (nSPS) is 11.5. The van der Waals surface area contributed by atoms with E-state index in [2.05, 4.69) is 15.0 Å². The fraction of sp³-hybridized carbons (Fsp3) is 0.318. The van der Waals surface area contributed by atoms with Gasteiger partial charge in [-0.2, -0.15) is 9.97 Å². The van der Waals surface area contributed by atoms with Gasteiger partial charge in [0.2, 0.25) is 0 Å². The number of nitrogens with one attached hydrogen (secondary N) is 1. The van der Waals surface area contributed by atoms with Crippen LogP contribution in [0.5, 0.6) is 11.8 Å². The number of para-hydroxylation sites is 1. The standard InChI is InChI=1S/C22H24ClN3O4S/c1-4-5-9-31(28,29)13-17-11-19(16-10-15(3)21(27)24-12-16)26-22(25-17)30-20-14(2)7-6-8-18(20)23/h6-8,10-12H,4-5,9,13H2,1-3H3,(H,24,27). The highest BCUT2D eigenvalue weighted by Crippen LogP contribution is 2.32. The van der Waals surface area contributed by atoms with Gasteiger partial charge in [0, 0.05) is 17.3 Å². The molecule has 9 heteroatoms. The van der Waals surface area contributed by atoms with Crippen molar-refractivity contribution in [1.82, 2.24) is 15.0 Å². The zero-order chi connectivity index (χ0) is 22.6. The van der Waals surface area contributed by atoms with Gasteiger partial charge in [-0.3, -0.25) is 4.79 Å². The average molecular weight is 462 g/mol. The van der Waals surface area contributed by atoms with Crippen LogP contribution in [0.1, 0.15) is 36.6 Å². The van der Waals surface area contributed by atoms with E-state index in [0.29, 0.717) is 39.7 Å². The molecule has 31 heavy (non-hydrogen) atoms. The van der Waals surface area contributed by atoms with Crippen molar-refractivity contribution in [3.05, 3.63) is 68.7 Å². The van der Waals surface area contributed by atoms with Crippen LogP contribution in [-0.4, -0.2) is 29.1 Å². The molecule has 0 unspecified atom stereocenters. The molecule has 3 rings (SSSR count). The summed E-state index contributed by atoms with van der Waals surface area (Å²) in [6.45, 7) is 5.46. The zero-order valence-electron chi connectivity index (χ0n) is 17.6. The maximum Gasteiger partial charge on any atom is 0.322 e. The van der Waals surface area contributed by atoms with Gasteiger partial charge in [-0.25, -0.2) is 8.42 Å². The smallest absolute Gasteiger partial charge is 0.322 e. The van der Waals surface area contributed by atoms with E-state index in [-0.39, 0.29) is 23.1 Å². The summed E-state index contributed by atoms with van der Waals surface area (Å²) >= 11 is 6.26. The fourth-order valence-corrected chi connectivity index (χ4v) is 4.72. The van der Waals surface area contributed by atoms with Crippen molar-refractivity contribution < 1.29 is 13.2 Å². The molecule has 2 aromatic heterocycles. The Morgan fingerprint density at radius 2 is 1.90 bits per heavy atom. The lowest BCUT2D eigenvalue weighted by atomic mass is 10.1. The lowest BCUT2D eigenvalue weighted by molar-refractivity contribution is 0.438. The number of hydrogen-bond acceptors (Lipinski definition) is 6. The molecule has 0 amide bonds. The molecule has 2 heterocycles. The molecular formula is C22H24ClN3O4S. The number of aromatic amines is 1. The molecule has 164 valence electrons. The minimum absolute atomic E-state index is 0.0155. The molecule has 0 spiro atoms. The van der Waals surface area contributed by atoms with Crippen molar-refractivity contribution in [2.45, 2.75) is 39.4 Å². The van der Waals surface area contributed by atoms with Gasteiger partial charge in [0.25, 0.3) is 5.56 Å². The summed E-state index contributed by atoms with van der Waals surface area (Å²) in [5.74, 6) is 0.252. The molecule has 0 saturated carbocycles. The monoisotopic (exact) mass is 461 g/mol. The minimum atomic E-state index is -3.35. The third kappa shape index (κ3) is 5.92. The molecule has 0 saturated heterocycles. The highest BCUT2D eigenvalue weighted by atomic mass is 35.5. The third-order valence-electron chi connectivity index (χ3n) is 4.68. The summed E-state index contributed by atoms with van der Waals surface area (Å²) in [6.07, 6.45) is 2.89. The van der Waals surface area contributed by atoms with E-state index in [4.69, 9.17) is 16.3 Å². The van der Waals surface area contributed by atoms with Crippen molar-refractivity contribution >= 4 is 21.4 Å². The molecule has 0 aliphatic heterocycles. The van der Waals surface area contributed by atoms with Crippen molar-refractivity contribution in [2.75, 3.05) is 5.75 Å². The van der Waals surface area contributed by atoms with Gasteiger partial charge < -0.3 is 9.72 Å². The first kappa shape index (κ1) is 23.0. The number of aryl methyl sites for hydroxylation is 2. The van der Waals surface area contributed by atoms with Gasteiger partial charge in [-0.15, -0.1) is 0 Å². The molecule has 0 aliphatic rings. The SMILES string of the molecule is CCCCS(=O)(=O)Cc1cc(-c2c[nH]c(=O)c(C)c2)nc(Oc2c(C)cccc2Cl)n1. The van der Waals surface area contributed by atoms with Gasteiger partial charge in [0.05, 0.1) is 27.9 Å². The van der Waals surface area contributed by atoms with Crippen LogP contribution in [0.2, 0.25) is 5.02 Å². The van der Waals surface area contributed by atoms with Crippen LogP contribution in [0.3, 0.4) is 0 Å². The molecule has 3 aromatic rings. The number of pyridine rings is 1. The van der Waals surface area contributed by atoms with Crippen LogP contribution < -0.4 is 10.3 Å². The van der Waals surface area contributed by atoms with Crippen molar-refractivity contribution in [1.29, 1.82) is 0 Å². The number of H-pyrrole nitrogens is 1. The van der Waals surface area contributed by atoms with Crippen molar-refractivity contribution in [2.24, 2.45) is 0 Å². The number of hydrogen-bond donors (Lipinski definition) is 1. The first-order valence-corrected chi connectivity index (χ1v) is 12.1. The van der Waals surface area contributed by atoms with Gasteiger partial charge >= 0.3 is 6.01 Å². The van der Waals surface area contributed by atoms with Gasteiger partial charge in [-0.05, 0) is 44.0 Å². The number of rotatable bonds is 8. The van der Waals surface area contributed by atoms with E-state index in [1.807, 2.05) is 19.9 Å². The lowest BCUT2D eigenvalue weighted by Gasteiger charge is -2.12. The summed E-state index contributed by atoms with van der Waals surface area (Å²) in [7, 11) is -3.35. The first-order chi connectivity index (χ1) is 14.7. The van der Waals surface area contributed by atoms with Crippen LogP contribution >= 0.6 is 11.6 Å². The molecule has 0 bridgehead atoms. The number of nitrogens with zero attached hydrogens (tertiary/aromatic N) is 2. The van der Waals surface area contributed by atoms with Crippen LogP contribution in [0.25, 0.3) is 11.3 Å². The Labute approximate surface area is 186 Å². The fourth-order valence-electron chi connectivity index (χ4n) is 2.99. The molecule has 1 aromatic carbocycles. The number of halogens is 1. The Kier molecular flexibility index (Phi) is 7.12. The minimum Gasteiger partial charge on any atom is -0.422 e. The van der Waals surface area contributed by atoms with Crippen LogP contribution in [0.15, 0.2) is 41.3 Å². The van der Waals surface area contributed by atoms with Gasteiger partial charge in [0.15, 0.2) is 15.6 Å². The molecule has 0 atom stereocenters. The molecule has 0 aliphatic carbocycles. The number of sulfone groups is 1. The number of benzene rings is 1. The van der Waals surface area contributed by atoms with Crippen LogP contribution in [-0.2, 0) is 15.6 Å². The van der Waals surface area contributed by atoms with Crippen molar-refractivity contribution in [3.63, 3.8) is 0 Å². The second kappa shape index (κ2) is 9.62. The van der Waals surface area contributed by atoms with Crippen LogP contribution in [0.4, 0.5) is 0 Å². The highest BCUT2D eigenvalue weighted by molar-refractivity contribution is 7.90. The quantitative estimate of drug-likeness (QED) is 0.525. The van der Waals surface area contributed by atoms with E-state index in [1.54, 1.807) is 31.2 Å². The summed E-state index contributed by atoms with van der Waals surface area (Å²) < 4.78 is 30.9. The lowest BCUT2D eigenvalue weighted by Crippen LogP contribution is -2.12. The molecule has 0 fully saturated rings. The third-order valence-corrected chi connectivity index (χ3v) is 6.62. The predicted molar refractivity (Wildman–Crippen MR) is 121 cm³/mol. The Bertz CT molecular complexity index is 1240. The van der Waals surface area contributed by atoms with E-state index in [0.717, 1.165) is 12.0 Å². The van der Waals surface area contributed by atoms with E-state index in [1.165, 1.54) is 6.20 Å². The summed E-state index contributed by atoms with van der Waals surface area (Å²) in [5, 5.41) is 0.394. The number of aromatic nitrogens is 3. The Balaban J connectivity index is 2.07. The predicted octanol–water partition coefficient (Wildman–Crippen LogP) is 4.61. The van der Waals surface area contributed by atoms with E-state index >= 15 is 0 Å². The van der Waals surface area contributed by atoms with E-state index < -0.39 is 9.84 Å². The summed E-state index contributed by atoms with van der Waals surface area (Å²) in [6, 6.07) is 8.60. The summed E-state index contributed by atoms with van der Waals surface area (Å²) in [4.78, 5) is 23.1. The zero-order valence-corrected chi connectivity index (χ0v) is 19.2. The second-order valence-corrected chi connectivity index (χ2v) is 9.95. The van der Waals surface area contributed by atoms with Gasteiger partial charge in [-0.1, -0.05) is 37.1 Å². The number of unbranched alkanes of at least 4 members (excludes halogenated alkanes) is 1. The summed E-state index contributed by atoms with van der Waals surface area (Å²) in [5.41, 5.74) is 2.46. The Morgan fingerprint density at radius 1 is 1.13 bits per heavy atom. The Morgan fingerprint density at radius 3 is 2.58 bits per heavy atom. The molecule has 0 radical (unpaired) electrons. The van der Waals surface area contributed by atoms with Gasteiger partial charge in [0.1, 0.15) is 0 Å². The average Bonchev–Trinajstić information content (AvgIpc) is 2.71. The molecule has 7 nitrogen and oxygen atoms in total. The Hall–Kier alpha value is -2.71. The first-order valence-electron chi connectivity index (χ1n) is 9.89. The second-order valence-electron chi connectivity index (χ2n) is 7.36. The topological polar surface area (TPSA) is 102 Å². The van der Waals surface area contributed by atoms with E-state index in [9.17, 15) is 13.2 Å². The van der Waals surface area contributed by atoms with Crippen molar-refractivity contribution in [3.8, 4) is 23.0 Å². The van der Waals surface area contributed by atoms with Crippen LogP contribution in [0, 0.1) is 13.8 Å².